The standard InChI is InChI=1S/C9H9F2NO2/c1-5-2-6(10)7(11)3-8(5)14-4-9(12)13/h2-3H,4H2,1H3,(H2,12,13). The highest BCUT2D eigenvalue weighted by Crippen LogP contribution is 2.21. The number of aryl methyl sites for hydroxylation is 1. The Balaban J connectivity index is 2.87. The first-order valence-corrected chi connectivity index (χ1v) is 3.87. The third-order valence-electron chi connectivity index (χ3n) is 1.59. The summed E-state index contributed by atoms with van der Waals surface area (Å²) >= 11 is 0. The van der Waals surface area contributed by atoms with E-state index in [9.17, 15) is 13.6 Å². The smallest absolute Gasteiger partial charge is 0.255 e. The Morgan fingerprint density at radius 3 is 2.57 bits per heavy atom. The van der Waals surface area contributed by atoms with Crippen molar-refractivity contribution in [3.8, 4) is 5.75 Å². The molecule has 14 heavy (non-hydrogen) atoms. The second kappa shape index (κ2) is 4.04. The zero-order valence-corrected chi connectivity index (χ0v) is 7.51. The molecule has 5 heteroatoms. The summed E-state index contributed by atoms with van der Waals surface area (Å²) in [6.07, 6.45) is 0. The maximum absolute atomic E-state index is 12.7. The number of hydrogen-bond donors (Lipinski definition) is 1. The molecule has 0 heterocycles. The van der Waals surface area contributed by atoms with Crippen LogP contribution in [0, 0.1) is 18.6 Å². The summed E-state index contributed by atoms with van der Waals surface area (Å²) in [5.41, 5.74) is 5.23. The average Bonchev–Trinajstić information content (AvgIpc) is 2.09. The fourth-order valence-electron chi connectivity index (χ4n) is 0.932. The quantitative estimate of drug-likeness (QED) is 0.797. The summed E-state index contributed by atoms with van der Waals surface area (Å²) in [6, 6.07) is 1.87. The van der Waals surface area contributed by atoms with Crippen LogP contribution in [-0.2, 0) is 4.79 Å². The molecule has 0 unspecified atom stereocenters. The molecule has 0 radical (unpaired) electrons. The van der Waals surface area contributed by atoms with E-state index in [0.29, 0.717) is 5.56 Å². The van der Waals surface area contributed by atoms with Gasteiger partial charge in [-0.15, -0.1) is 0 Å². The topological polar surface area (TPSA) is 52.3 Å². The van der Waals surface area contributed by atoms with Gasteiger partial charge in [0.15, 0.2) is 18.2 Å². The Bertz CT molecular complexity index is 366. The molecule has 0 aliphatic carbocycles. The highest BCUT2D eigenvalue weighted by atomic mass is 19.2. The number of ether oxygens (including phenoxy) is 1. The number of benzene rings is 1. The molecule has 0 atom stereocenters. The molecule has 0 aliphatic rings. The van der Waals surface area contributed by atoms with Crippen molar-refractivity contribution < 1.29 is 18.3 Å². The first-order chi connectivity index (χ1) is 6.50. The number of carbonyl (C=O) groups excluding carboxylic acids is 1. The highest BCUT2D eigenvalue weighted by molar-refractivity contribution is 5.75. The van der Waals surface area contributed by atoms with Crippen LogP contribution in [0.5, 0.6) is 5.75 Å². The minimum Gasteiger partial charge on any atom is -0.483 e. The van der Waals surface area contributed by atoms with Gasteiger partial charge < -0.3 is 10.5 Å². The molecule has 1 aromatic rings. The van der Waals surface area contributed by atoms with E-state index in [-0.39, 0.29) is 12.4 Å². The van der Waals surface area contributed by atoms with Crippen molar-refractivity contribution in [2.24, 2.45) is 5.73 Å². The third kappa shape index (κ3) is 2.42. The third-order valence-corrected chi connectivity index (χ3v) is 1.59. The zero-order chi connectivity index (χ0) is 10.7. The first-order valence-electron chi connectivity index (χ1n) is 3.87. The van der Waals surface area contributed by atoms with E-state index in [1.807, 2.05) is 0 Å². The van der Waals surface area contributed by atoms with Crippen LogP contribution >= 0.6 is 0 Å². The summed E-state index contributed by atoms with van der Waals surface area (Å²) in [6.45, 7) is 1.19. The monoisotopic (exact) mass is 201 g/mol. The molecule has 0 aromatic heterocycles. The van der Waals surface area contributed by atoms with Gasteiger partial charge in [0.25, 0.3) is 5.91 Å². The SMILES string of the molecule is Cc1cc(F)c(F)cc1OCC(N)=O. The van der Waals surface area contributed by atoms with Gasteiger partial charge in [-0.2, -0.15) is 0 Å². The summed E-state index contributed by atoms with van der Waals surface area (Å²) in [4.78, 5) is 10.4. The normalized spacial score (nSPS) is 9.93. The number of halogens is 2. The summed E-state index contributed by atoms with van der Waals surface area (Å²) in [5.74, 6) is -2.53. The van der Waals surface area contributed by atoms with E-state index in [0.717, 1.165) is 12.1 Å². The second-order valence-electron chi connectivity index (χ2n) is 2.79. The fourth-order valence-corrected chi connectivity index (χ4v) is 0.932. The van der Waals surface area contributed by atoms with Crippen molar-refractivity contribution in [1.82, 2.24) is 0 Å². The Kier molecular flexibility index (Phi) is 3.01. The van der Waals surface area contributed by atoms with Crippen molar-refractivity contribution in [2.45, 2.75) is 6.92 Å². The lowest BCUT2D eigenvalue weighted by atomic mass is 10.2. The highest BCUT2D eigenvalue weighted by Gasteiger charge is 2.08. The number of rotatable bonds is 3. The van der Waals surface area contributed by atoms with Crippen LogP contribution in [0.15, 0.2) is 12.1 Å². The van der Waals surface area contributed by atoms with E-state index in [1.165, 1.54) is 0 Å². The van der Waals surface area contributed by atoms with Gasteiger partial charge in [-0.1, -0.05) is 0 Å². The van der Waals surface area contributed by atoms with Crippen LogP contribution < -0.4 is 10.5 Å². The van der Waals surface area contributed by atoms with Crippen molar-refractivity contribution >= 4 is 5.91 Å². The Hall–Kier alpha value is -1.65. The van der Waals surface area contributed by atoms with Crippen molar-refractivity contribution in [1.29, 1.82) is 0 Å². The van der Waals surface area contributed by atoms with Crippen molar-refractivity contribution in [3.05, 3.63) is 29.3 Å². The van der Waals surface area contributed by atoms with Gasteiger partial charge in [-0.25, -0.2) is 8.78 Å². The van der Waals surface area contributed by atoms with E-state index in [4.69, 9.17) is 10.5 Å². The van der Waals surface area contributed by atoms with E-state index in [1.54, 1.807) is 6.92 Å². The van der Waals surface area contributed by atoms with Crippen LogP contribution in [0.3, 0.4) is 0 Å². The largest absolute Gasteiger partial charge is 0.483 e. The molecule has 0 saturated carbocycles. The van der Waals surface area contributed by atoms with Crippen molar-refractivity contribution in [3.63, 3.8) is 0 Å². The fraction of sp³-hybridized carbons (Fsp3) is 0.222. The van der Waals surface area contributed by atoms with Gasteiger partial charge in [0, 0.05) is 6.07 Å². The number of nitrogens with two attached hydrogens (primary N) is 1. The molecule has 0 bridgehead atoms. The van der Waals surface area contributed by atoms with Gasteiger partial charge >= 0.3 is 0 Å². The first kappa shape index (κ1) is 10.4. The summed E-state index contributed by atoms with van der Waals surface area (Å²) < 4.78 is 30.2. The molecular formula is C9H9F2NO2. The molecular weight excluding hydrogens is 192 g/mol. The summed E-state index contributed by atoms with van der Waals surface area (Å²) in [7, 11) is 0. The lowest BCUT2D eigenvalue weighted by Gasteiger charge is -2.07. The lowest BCUT2D eigenvalue weighted by Crippen LogP contribution is -2.20. The Morgan fingerprint density at radius 1 is 1.43 bits per heavy atom. The number of carbonyl (C=O) groups is 1. The Labute approximate surface area is 79.5 Å². The molecule has 0 aliphatic heterocycles. The molecule has 3 nitrogen and oxygen atoms in total. The lowest BCUT2D eigenvalue weighted by molar-refractivity contribution is -0.119. The maximum Gasteiger partial charge on any atom is 0.255 e. The number of hydrogen-bond acceptors (Lipinski definition) is 2. The molecule has 76 valence electrons. The molecule has 0 spiro atoms. The predicted molar refractivity (Wildman–Crippen MR) is 45.8 cm³/mol. The molecule has 1 aromatic carbocycles. The molecule has 0 saturated heterocycles. The second-order valence-corrected chi connectivity index (χ2v) is 2.79. The van der Waals surface area contributed by atoms with Gasteiger partial charge in [-0.3, -0.25) is 4.79 Å². The zero-order valence-electron chi connectivity index (χ0n) is 7.51. The number of primary amides is 1. The van der Waals surface area contributed by atoms with Crippen LogP contribution in [0.4, 0.5) is 8.78 Å². The van der Waals surface area contributed by atoms with Gasteiger partial charge in [0.1, 0.15) is 5.75 Å². The van der Waals surface area contributed by atoms with Crippen LogP contribution in [0.1, 0.15) is 5.56 Å². The van der Waals surface area contributed by atoms with Crippen LogP contribution in [-0.4, -0.2) is 12.5 Å². The Morgan fingerprint density at radius 2 is 2.00 bits per heavy atom. The van der Waals surface area contributed by atoms with Crippen LogP contribution in [0.25, 0.3) is 0 Å². The van der Waals surface area contributed by atoms with Gasteiger partial charge in [-0.05, 0) is 18.6 Å². The maximum atomic E-state index is 12.7. The molecule has 1 rings (SSSR count). The molecule has 1 amide bonds. The minimum atomic E-state index is -1.02. The van der Waals surface area contributed by atoms with Gasteiger partial charge in [0.05, 0.1) is 0 Å². The van der Waals surface area contributed by atoms with Gasteiger partial charge in [0.2, 0.25) is 0 Å². The van der Waals surface area contributed by atoms with Crippen molar-refractivity contribution in [2.75, 3.05) is 6.61 Å². The average molecular weight is 201 g/mol. The molecule has 0 fully saturated rings. The minimum absolute atomic E-state index is 0.114. The summed E-state index contributed by atoms with van der Waals surface area (Å²) in [5, 5.41) is 0. The number of amides is 1. The van der Waals surface area contributed by atoms with Crippen LogP contribution in [0.2, 0.25) is 0 Å². The predicted octanol–water partition coefficient (Wildman–Crippen LogP) is 1.14. The van der Waals surface area contributed by atoms with E-state index in [2.05, 4.69) is 0 Å². The van der Waals surface area contributed by atoms with E-state index >= 15 is 0 Å². The molecule has 2 N–H and O–H groups in total. The van der Waals surface area contributed by atoms with E-state index < -0.39 is 17.5 Å².